The smallest absolute Gasteiger partial charge is 0.326 e. The molecule has 5 amide bonds. The molecule has 3 heterocycles. The quantitative estimate of drug-likeness (QED) is 0.331. The number of nitrogens with one attached hydrogen (secondary N) is 2. The van der Waals surface area contributed by atoms with Gasteiger partial charge in [-0.1, -0.05) is 34.1 Å². The summed E-state index contributed by atoms with van der Waals surface area (Å²) in [5.41, 5.74) is 0. The van der Waals surface area contributed by atoms with E-state index in [1.165, 1.54) is 35.7 Å². The van der Waals surface area contributed by atoms with Gasteiger partial charge in [0.1, 0.15) is 30.7 Å². The van der Waals surface area contributed by atoms with Crippen molar-refractivity contribution in [3.63, 3.8) is 0 Å². The lowest BCUT2D eigenvalue weighted by molar-refractivity contribution is -0.162. The van der Waals surface area contributed by atoms with E-state index in [0.717, 1.165) is 0 Å². The summed E-state index contributed by atoms with van der Waals surface area (Å²) in [6.07, 6.45) is 0.236. The predicted molar refractivity (Wildman–Crippen MR) is 147 cm³/mol. The van der Waals surface area contributed by atoms with E-state index in [2.05, 4.69) is 10.6 Å². The van der Waals surface area contributed by atoms with Crippen LogP contribution in [0.4, 0.5) is 0 Å². The van der Waals surface area contributed by atoms with E-state index in [1.54, 1.807) is 13.8 Å². The number of esters is 1. The van der Waals surface area contributed by atoms with Gasteiger partial charge in [0, 0.05) is 27.1 Å². The first-order valence-electron chi connectivity index (χ1n) is 14.5. The lowest BCUT2D eigenvalue weighted by Crippen LogP contribution is -2.61. The first-order valence-corrected chi connectivity index (χ1v) is 14.5. The third kappa shape index (κ3) is 7.55. The van der Waals surface area contributed by atoms with Gasteiger partial charge >= 0.3 is 5.97 Å². The highest BCUT2D eigenvalue weighted by Crippen LogP contribution is 2.25. The van der Waals surface area contributed by atoms with Gasteiger partial charge in [-0.05, 0) is 31.6 Å². The van der Waals surface area contributed by atoms with Crippen LogP contribution in [-0.2, 0) is 38.2 Å². The van der Waals surface area contributed by atoms with Crippen molar-refractivity contribution in [2.75, 3.05) is 33.8 Å². The SMILES string of the molecule is CC[C@H](C)[C@@H]1NC(=O)[C@@H]2CCCN2C(=O)[C@@H](C[C@H]2CO2)OC(=O)CNC(=O)[C@H](C)N(C)C(=O)[C@H](C(C)C)N(C)C1=O. The average molecular weight is 580 g/mol. The van der Waals surface area contributed by atoms with Gasteiger partial charge in [0.05, 0.1) is 12.7 Å². The molecule has 0 bridgehead atoms. The van der Waals surface area contributed by atoms with Crippen molar-refractivity contribution < 1.29 is 38.2 Å². The van der Waals surface area contributed by atoms with Crippen LogP contribution in [0.3, 0.4) is 0 Å². The van der Waals surface area contributed by atoms with Gasteiger partial charge in [-0.15, -0.1) is 0 Å². The number of rotatable bonds is 5. The molecular weight excluding hydrogens is 534 g/mol. The zero-order valence-corrected chi connectivity index (χ0v) is 25.2. The highest BCUT2D eigenvalue weighted by atomic mass is 16.6. The van der Waals surface area contributed by atoms with Crippen LogP contribution in [0, 0.1) is 11.8 Å². The van der Waals surface area contributed by atoms with Gasteiger partial charge in [-0.3, -0.25) is 28.8 Å². The van der Waals surface area contributed by atoms with Crippen LogP contribution >= 0.6 is 0 Å². The Morgan fingerprint density at radius 2 is 1.61 bits per heavy atom. The summed E-state index contributed by atoms with van der Waals surface area (Å²) in [5.74, 6) is -3.85. The molecule has 3 fully saturated rings. The van der Waals surface area contributed by atoms with E-state index < -0.39 is 72.3 Å². The number of hydrogen-bond acceptors (Lipinski definition) is 8. The third-order valence-corrected chi connectivity index (χ3v) is 8.41. The maximum absolute atomic E-state index is 13.9. The lowest BCUT2D eigenvalue weighted by Gasteiger charge is -2.38. The molecule has 0 spiro atoms. The molecule has 0 aliphatic carbocycles. The summed E-state index contributed by atoms with van der Waals surface area (Å²) < 4.78 is 10.7. The fraction of sp³-hybridized carbons (Fsp3) is 0.786. The Kier molecular flexibility index (Phi) is 10.7. The summed E-state index contributed by atoms with van der Waals surface area (Å²) in [4.78, 5) is 84.3. The zero-order chi connectivity index (χ0) is 30.6. The van der Waals surface area contributed by atoms with E-state index in [1.807, 2.05) is 13.8 Å². The first-order chi connectivity index (χ1) is 19.3. The normalized spacial score (nSPS) is 31.8. The molecule has 0 aromatic rings. The second-order valence-electron chi connectivity index (χ2n) is 11.7. The number of carbonyl (C=O) groups excluding carboxylic acids is 6. The standard InChI is InChI=1S/C28H45N5O8/c1-8-16(4)22-27(38)32(7)23(15(2)3)28(39)31(6)17(5)24(35)29-13-21(34)41-20(12-18-14-40-18)26(37)33-11-9-10-19(33)25(36)30-22/h15-20,22-23H,8-14H2,1-7H3,(H,29,35)(H,30,36)/t16-,17-,18-,19-,20+,22-,23-/m0/s1. The predicted octanol–water partition coefficient (Wildman–Crippen LogP) is -0.331. The fourth-order valence-electron chi connectivity index (χ4n) is 5.40. The van der Waals surface area contributed by atoms with Crippen molar-refractivity contribution >= 4 is 35.5 Å². The first kappa shape index (κ1) is 32.3. The second-order valence-corrected chi connectivity index (χ2v) is 11.7. The second kappa shape index (κ2) is 13.6. The largest absolute Gasteiger partial charge is 0.451 e. The van der Waals surface area contributed by atoms with Gasteiger partial charge in [0.2, 0.25) is 23.6 Å². The van der Waals surface area contributed by atoms with Crippen molar-refractivity contribution in [3.05, 3.63) is 0 Å². The highest BCUT2D eigenvalue weighted by Gasteiger charge is 2.44. The molecule has 7 atom stereocenters. The molecule has 3 rings (SSSR count). The Bertz CT molecular complexity index is 1030. The molecule has 0 unspecified atom stereocenters. The summed E-state index contributed by atoms with van der Waals surface area (Å²) >= 11 is 0. The van der Waals surface area contributed by atoms with Crippen molar-refractivity contribution in [3.8, 4) is 0 Å². The topological polar surface area (TPSA) is 158 Å². The Morgan fingerprint density at radius 3 is 2.20 bits per heavy atom. The van der Waals surface area contributed by atoms with Crippen LogP contribution in [0.1, 0.15) is 60.3 Å². The summed E-state index contributed by atoms with van der Waals surface area (Å²) in [6, 6.07) is -3.67. The van der Waals surface area contributed by atoms with Gasteiger partial charge in [0.25, 0.3) is 5.91 Å². The van der Waals surface area contributed by atoms with Crippen molar-refractivity contribution in [2.24, 2.45) is 11.8 Å². The van der Waals surface area contributed by atoms with Gasteiger partial charge in [-0.2, -0.15) is 0 Å². The molecule has 0 radical (unpaired) electrons. The van der Waals surface area contributed by atoms with Crippen molar-refractivity contribution in [1.82, 2.24) is 25.3 Å². The molecule has 0 saturated carbocycles. The van der Waals surface area contributed by atoms with Gasteiger partial charge in [0.15, 0.2) is 6.10 Å². The highest BCUT2D eigenvalue weighted by molar-refractivity contribution is 5.97. The summed E-state index contributed by atoms with van der Waals surface area (Å²) in [7, 11) is 2.99. The Hall–Kier alpha value is -3.22. The Labute approximate surface area is 241 Å². The monoisotopic (exact) mass is 579 g/mol. The van der Waals surface area contributed by atoms with Crippen LogP contribution in [0.25, 0.3) is 0 Å². The molecule has 0 aromatic heterocycles. The van der Waals surface area contributed by atoms with E-state index >= 15 is 0 Å². The lowest BCUT2D eigenvalue weighted by atomic mass is 9.94. The molecule has 3 aliphatic heterocycles. The molecule has 3 aliphatic rings. The van der Waals surface area contributed by atoms with Crippen molar-refractivity contribution in [2.45, 2.75) is 96.7 Å². The van der Waals surface area contributed by atoms with Crippen LogP contribution in [-0.4, -0.2) is 120 Å². The van der Waals surface area contributed by atoms with Gasteiger partial charge in [-0.25, -0.2) is 0 Å². The number of likely N-dealkylation sites (N-methyl/N-ethyl adjacent to an activating group) is 2. The zero-order valence-electron chi connectivity index (χ0n) is 25.2. The number of hydrogen-bond donors (Lipinski definition) is 2. The minimum absolute atomic E-state index is 0.131. The molecule has 0 aromatic carbocycles. The van der Waals surface area contributed by atoms with E-state index in [4.69, 9.17) is 9.47 Å². The van der Waals surface area contributed by atoms with E-state index in [-0.39, 0.29) is 24.4 Å². The van der Waals surface area contributed by atoms with E-state index in [0.29, 0.717) is 32.4 Å². The van der Waals surface area contributed by atoms with Crippen LogP contribution in [0.2, 0.25) is 0 Å². The third-order valence-electron chi connectivity index (χ3n) is 8.41. The molecule has 2 N–H and O–H groups in total. The Morgan fingerprint density at radius 1 is 0.951 bits per heavy atom. The fourth-order valence-corrected chi connectivity index (χ4v) is 5.40. The van der Waals surface area contributed by atoms with Crippen LogP contribution in [0.15, 0.2) is 0 Å². The number of epoxide rings is 1. The summed E-state index contributed by atoms with van der Waals surface area (Å²) in [6.45, 7) is 9.08. The summed E-state index contributed by atoms with van der Waals surface area (Å²) in [5, 5.41) is 5.36. The number of cyclic esters (lactones) is 1. The van der Waals surface area contributed by atoms with Crippen LogP contribution < -0.4 is 10.6 Å². The van der Waals surface area contributed by atoms with E-state index in [9.17, 15) is 28.8 Å². The minimum atomic E-state index is -1.19. The van der Waals surface area contributed by atoms with Crippen LogP contribution in [0.5, 0.6) is 0 Å². The number of nitrogens with zero attached hydrogens (tertiary/aromatic N) is 3. The minimum Gasteiger partial charge on any atom is -0.451 e. The average Bonchev–Trinajstić information content (AvgIpc) is 3.62. The molecule has 41 heavy (non-hydrogen) atoms. The van der Waals surface area contributed by atoms with Crippen molar-refractivity contribution in [1.29, 1.82) is 0 Å². The number of fused-ring (bicyclic) bond motifs is 1. The Balaban J connectivity index is 1.99. The molecule has 3 saturated heterocycles. The number of amides is 5. The maximum atomic E-state index is 13.9. The molecule has 13 nitrogen and oxygen atoms in total. The number of carbonyl (C=O) groups is 6. The van der Waals surface area contributed by atoms with Gasteiger partial charge < -0.3 is 34.8 Å². The molecule has 13 heteroatoms. The number of ether oxygens (including phenoxy) is 2. The molecular formula is C28H45N5O8. The maximum Gasteiger partial charge on any atom is 0.326 e. The molecule has 230 valence electrons.